The first-order valence-electron chi connectivity index (χ1n) is 4.76. The van der Waals surface area contributed by atoms with Gasteiger partial charge in [0, 0.05) is 0 Å². The number of carboxylic acids is 1. The van der Waals surface area contributed by atoms with Crippen LogP contribution in [0, 0.1) is 17.3 Å². The largest absolute Gasteiger partial charge is 0.481 e. The average molecular weight is 181 g/mol. The van der Waals surface area contributed by atoms with Gasteiger partial charge in [0.05, 0.1) is 6.42 Å². The maximum absolute atomic E-state index is 10.7. The molecule has 0 bridgehead atoms. The van der Waals surface area contributed by atoms with Crippen molar-refractivity contribution in [1.82, 2.24) is 0 Å². The summed E-state index contributed by atoms with van der Waals surface area (Å²) in [7, 11) is 0. The number of hydrogen-bond acceptors (Lipinski definition) is 2. The highest BCUT2D eigenvalue weighted by Crippen LogP contribution is 2.57. The fourth-order valence-corrected chi connectivity index (χ4v) is 2.90. The molecule has 1 saturated carbocycles. The second-order valence-corrected chi connectivity index (χ2v) is 4.29. The molecule has 3 heteroatoms. The van der Waals surface area contributed by atoms with Crippen LogP contribution in [0.3, 0.4) is 0 Å². The summed E-state index contributed by atoms with van der Waals surface area (Å²) in [4.78, 5) is 10.7. The third-order valence-corrected chi connectivity index (χ3v) is 3.58. The van der Waals surface area contributed by atoms with E-state index >= 15 is 0 Å². The number of carboxylic acid groups (broad SMARTS) is 1. The van der Waals surface area contributed by atoms with E-state index < -0.39 is 5.97 Å². The van der Waals surface area contributed by atoms with Crippen molar-refractivity contribution in [1.29, 1.82) is 0 Å². The normalized spacial score (nSPS) is 41.3. The molecular formula is C10H15NO2. The third-order valence-electron chi connectivity index (χ3n) is 3.58. The summed E-state index contributed by atoms with van der Waals surface area (Å²) in [6.45, 7) is 0.505. The Hall–Kier alpha value is -0.830. The van der Waals surface area contributed by atoms with E-state index in [2.05, 4.69) is 12.2 Å². The lowest BCUT2D eigenvalue weighted by Gasteiger charge is -2.51. The summed E-state index contributed by atoms with van der Waals surface area (Å²) in [6.07, 6.45) is 6.66. The van der Waals surface area contributed by atoms with Crippen molar-refractivity contribution in [2.75, 3.05) is 6.54 Å². The summed E-state index contributed by atoms with van der Waals surface area (Å²) in [5.74, 6) is 0.403. The Morgan fingerprint density at radius 3 is 3.00 bits per heavy atom. The Balaban J connectivity index is 2.09. The monoisotopic (exact) mass is 181 g/mol. The number of carbonyl (C=O) groups is 1. The van der Waals surface area contributed by atoms with E-state index in [1.807, 2.05) is 0 Å². The highest BCUT2D eigenvalue weighted by atomic mass is 16.4. The van der Waals surface area contributed by atoms with Gasteiger partial charge in [-0.25, -0.2) is 0 Å². The Kier molecular flexibility index (Phi) is 1.91. The summed E-state index contributed by atoms with van der Waals surface area (Å²) < 4.78 is 0. The van der Waals surface area contributed by atoms with E-state index in [4.69, 9.17) is 10.8 Å². The summed E-state index contributed by atoms with van der Waals surface area (Å²) in [5, 5.41) is 8.79. The minimum atomic E-state index is -0.718. The fraction of sp³-hybridized carbons (Fsp3) is 0.700. The number of hydrogen-bond donors (Lipinski definition) is 2. The van der Waals surface area contributed by atoms with E-state index in [1.165, 1.54) is 0 Å². The molecule has 0 aromatic heterocycles. The molecule has 3 nitrogen and oxygen atoms in total. The molecule has 13 heavy (non-hydrogen) atoms. The molecular weight excluding hydrogens is 166 g/mol. The molecule has 1 fully saturated rings. The second-order valence-electron chi connectivity index (χ2n) is 4.29. The van der Waals surface area contributed by atoms with Crippen molar-refractivity contribution >= 4 is 5.97 Å². The maximum atomic E-state index is 10.7. The summed E-state index contributed by atoms with van der Waals surface area (Å²) in [6, 6.07) is 0. The minimum absolute atomic E-state index is 0.122. The van der Waals surface area contributed by atoms with Crippen LogP contribution in [0.1, 0.15) is 19.3 Å². The molecule has 0 saturated heterocycles. The van der Waals surface area contributed by atoms with Crippen LogP contribution in [-0.2, 0) is 4.79 Å². The van der Waals surface area contributed by atoms with Crippen molar-refractivity contribution in [2.24, 2.45) is 23.0 Å². The van der Waals surface area contributed by atoms with Gasteiger partial charge in [-0.15, -0.1) is 0 Å². The van der Waals surface area contributed by atoms with Crippen molar-refractivity contribution in [3.8, 4) is 0 Å². The number of aliphatic carboxylic acids is 1. The molecule has 0 unspecified atom stereocenters. The first kappa shape index (κ1) is 8.75. The average Bonchev–Trinajstić information content (AvgIpc) is 2.43. The lowest BCUT2D eigenvalue weighted by molar-refractivity contribution is -0.144. The van der Waals surface area contributed by atoms with Gasteiger partial charge in [0.1, 0.15) is 0 Å². The molecule has 2 aliphatic carbocycles. The quantitative estimate of drug-likeness (QED) is 0.638. The molecule has 0 radical (unpaired) electrons. The van der Waals surface area contributed by atoms with Crippen LogP contribution in [0.2, 0.25) is 0 Å². The zero-order chi connectivity index (χ0) is 9.47. The highest BCUT2D eigenvalue weighted by molar-refractivity contribution is 5.68. The van der Waals surface area contributed by atoms with Gasteiger partial charge in [0.2, 0.25) is 0 Å². The Bertz CT molecular complexity index is 262. The van der Waals surface area contributed by atoms with Crippen molar-refractivity contribution in [3.63, 3.8) is 0 Å². The van der Waals surface area contributed by atoms with E-state index in [1.54, 1.807) is 0 Å². The van der Waals surface area contributed by atoms with E-state index in [-0.39, 0.29) is 11.8 Å². The smallest absolute Gasteiger partial charge is 0.303 e. The molecule has 3 atom stereocenters. The standard InChI is InChI=1S/C10H15NO2/c11-6-10(5-9(12)13)4-7-2-1-3-8(7)10/h1,3,7-8H,2,4-6,11H2,(H,12,13)/t7-,8-,10-/m1/s1. The molecule has 0 heterocycles. The van der Waals surface area contributed by atoms with Gasteiger partial charge in [0.15, 0.2) is 0 Å². The molecule has 2 aliphatic rings. The summed E-state index contributed by atoms with van der Waals surface area (Å²) in [5.41, 5.74) is 5.55. The van der Waals surface area contributed by atoms with Gasteiger partial charge >= 0.3 is 5.97 Å². The van der Waals surface area contributed by atoms with Crippen molar-refractivity contribution < 1.29 is 9.90 Å². The van der Waals surface area contributed by atoms with Crippen molar-refractivity contribution in [2.45, 2.75) is 19.3 Å². The van der Waals surface area contributed by atoms with Gasteiger partial charge < -0.3 is 10.8 Å². The molecule has 2 rings (SSSR count). The number of allylic oxidation sites excluding steroid dienone is 2. The van der Waals surface area contributed by atoms with Crippen LogP contribution in [0.4, 0.5) is 0 Å². The molecule has 0 aromatic carbocycles. The van der Waals surface area contributed by atoms with Crippen LogP contribution < -0.4 is 5.73 Å². The SMILES string of the molecule is NC[C@]1(CC(=O)O)C[C@H]2CC=C[C@H]21. The third kappa shape index (κ3) is 1.18. The number of nitrogens with two attached hydrogens (primary N) is 1. The fourth-order valence-electron chi connectivity index (χ4n) is 2.90. The molecule has 0 spiro atoms. The topological polar surface area (TPSA) is 63.3 Å². The Morgan fingerprint density at radius 1 is 1.69 bits per heavy atom. The van der Waals surface area contributed by atoms with Gasteiger partial charge in [-0.2, -0.15) is 0 Å². The lowest BCUT2D eigenvalue weighted by Crippen LogP contribution is -2.51. The lowest BCUT2D eigenvalue weighted by atomic mass is 9.53. The second kappa shape index (κ2) is 2.84. The highest BCUT2D eigenvalue weighted by Gasteiger charge is 2.53. The van der Waals surface area contributed by atoms with Crippen LogP contribution in [-0.4, -0.2) is 17.6 Å². The van der Waals surface area contributed by atoms with Crippen LogP contribution >= 0.6 is 0 Å². The van der Waals surface area contributed by atoms with Gasteiger partial charge in [-0.3, -0.25) is 4.79 Å². The molecule has 0 aliphatic heterocycles. The van der Waals surface area contributed by atoms with Crippen LogP contribution in [0.15, 0.2) is 12.2 Å². The maximum Gasteiger partial charge on any atom is 0.303 e. The van der Waals surface area contributed by atoms with Gasteiger partial charge in [-0.05, 0) is 36.6 Å². The Morgan fingerprint density at radius 2 is 2.46 bits per heavy atom. The van der Waals surface area contributed by atoms with E-state index in [9.17, 15) is 4.79 Å². The minimum Gasteiger partial charge on any atom is -0.481 e. The number of rotatable bonds is 3. The first-order chi connectivity index (χ1) is 6.18. The van der Waals surface area contributed by atoms with Gasteiger partial charge in [0.25, 0.3) is 0 Å². The van der Waals surface area contributed by atoms with Crippen molar-refractivity contribution in [3.05, 3.63) is 12.2 Å². The Labute approximate surface area is 77.6 Å². The molecule has 0 aromatic rings. The molecule has 3 N–H and O–H groups in total. The van der Waals surface area contributed by atoms with E-state index in [0.717, 1.165) is 12.8 Å². The van der Waals surface area contributed by atoms with Gasteiger partial charge in [-0.1, -0.05) is 12.2 Å². The van der Waals surface area contributed by atoms with E-state index in [0.29, 0.717) is 18.4 Å². The predicted octanol–water partition coefficient (Wildman–Crippen LogP) is 1.00. The number of fused-ring (bicyclic) bond motifs is 1. The molecule has 72 valence electrons. The van der Waals surface area contributed by atoms with Crippen LogP contribution in [0.5, 0.6) is 0 Å². The predicted molar refractivity (Wildman–Crippen MR) is 49.1 cm³/mol. The molecule has 0 amide bonds. The summed E-state index contributed by atoms with van der Waals surface area (Å²) >= 11 is 0. The van der Waals surface area contributed by atoms with Crippen LogP contribution in [0.25, 0.3) is 0 Å². The zero-order valence-electron chi connectivity index (χ0n) is 7.57. The first-order valence-corrected chi connectivity index (χ1v) is 4.76. The zero-order valence-corrected chi connectivity index (χ0v) is 7.57.